The Morgan fingerprint density at radius 2 is 2.11 bits per heavy atom. The lowest BCUT2D eigenvalue weighted by Crippen LogP contribution is -2.25. The molecule has 2 rings (SSSR count). The van der Waals surface area contributed by atoms with E-state index in [2.05, 4.69) is 12.2 Å². The minimum Gasteiger partial charge on any atom is -0.319 e. The van der Waals surface area contributed by atoms with Crippen LogP contribution in [0, 0.1) is 5.92 Å². The Labute approximate surface area is 110 Å². The maximum Gasteiger partial charge on any atom is 0.179 e. The van der Waals surface area contributed by atoms with Crippen LogP contribution in [0.2, 0.25) is 0 Å². The molecule has 0 saturated carbocycles. The van der Waals surface area contributed by atoms with E-state index >= 15 is 0 Å². The monoisotopic (exact) mass is 267 g/mol. The van der Waals surface area contributed by atoms with E-state index in [9.17, 15) is 8.42 Å². The summed E-state index contributed by atoms with van der Waals surface area (Å²) in [7, 11) is -1.14. The fourth-order valence-corrected chi connectivity index (χ4v) is 4.92. The molecule has 1 aliphatic heterocycles. The molecule has 0 fully saturated rings. The maximum atomic E-state index is 12.2. The number of nitrogens with one attached hydrogen (secondary N) is 1. The van der Waals surface area contributed by atoms with Crippen molar-refractivity contribution in [3.8, 4) is 0 Å². The topological polar surface area (TPSA) is 46.2 Å². The number of fused-ring (bicyclic) bond motifs is 1. The van der Waals surface area contributed by atoms with Gasteiger partial charge in [-0.05, 0) is 37.6 Å². The third kappa shape index (κ3) is 2.45. The van der Waals surface area contributed by atoms with Crippen LogP contribution in [0.3, 0.4) is 0 Å². The van der Waals surface area contributed by atoms with Crippen molar-refractivity contribution in [3.63, 3.8) is 0 Å². The molecule has 0 aliphatic carbocycles. The first-order chi connectivity index (χ1) is 8.60. The molecule has 2 unspecified atom stereocenters. The highest BCUT2D eigenvalue weighted by Crippen LogP contribution is 2.40. The molecule has 0 aromatic heterocycles. The van der Waals surface area contributed by atoms with E-state index < -0.39 is 9.84 Å². The van der Waals surface area contributed by atoms with Crippen LogP contribution in [-0.2, 0) is 9.84 Å². The zero-order valence-corrected chi connectivity index (χ0v) is 11.8. The Morgan fingerprint density at radius 3 is 2.78 bits per heavy atom. The van der Waals surface area contributed by atoms with Crippen LogP contribution in [0.25, 0.3) is 0 Å². The van der Waals surface area contributed by atoms with Crippen LogP contribution >= 0.6 is 0 Å². The summed E-state index contributed by atoms with van der Waals surface area (Å²) < 4.78 is 24.3. The van der Waals surface area contributed by atoms with E-state index in [1.165, 1.54) is 0 Å². The minimum atomic E-state index is -3.06. The number of benzene rings is 1. The number of sulfone groups is 1. The summed E-state index contributed by atoms with van der Waals surface area (Å²) in [6.07, 6.45) is 2.15. The van der Waals surface area contributed by atoms with E-state index in [0.717, 1.165) is 24.9 Å². The molecular weight excluding hydrogens is 246 g/mol. The second-order valence-electron chi connectivity index (χ2n) is 5.03. The predicted molar refractivity (Wildman–Crippen MR) is 73.6 cm³/mol. The quantitative estimate of drug-likeness (QED) is 0.889. The van der Waals surface area contributed by atoms with Crippen molar-refractivity contribution < 1.29 is 8.42 Å². The second kappa shape index (κ2) is 5.41. The van der Waals surface area contributed by atoms with E-state index in [1.807, 2.05) is 25.2 Å². The van der Waals surface area contributed by atoms with Crippen LogP contribution in [0.1, 0.15) is 31.2 Å². The van der Waals surface area contributed by atoms with Gasteiger partial charge in [0.05, 0.1) is 10.6 Å². The highest BCUT2D eigenvalue weighted by molar-refractivity contribution is 7.91. The summed E-state index contributed by atoms with van der Waals surface area (Å²) in [6.45, 7) is 3.03. The molecule has 1 aromatic rings. The first-order valence-corrected chi connectivity index (χ1v) is 8.21. The van der Waals surface area contributed by atoms with E-state index in [-0.39, 0.29) is 11.7 Å². The molecule has 0 amide bonds. The van der Waals surface area contributed by atoms with Gasteiger partial charge in [0.1, 0.15) is 0 Å². The number of hydrogen-bond acceptors (Lipinski definition) is 3. The molecule has 1 aromatic carbocycles. The highest BCUT2D eigenvalue weighted by Gasteiger charge is 2.37. The van der Waals surface area contributed by atoms with Gasteiger partial charge in [0.15, 0.2) is 9.84 Å². The van der Waals surface area contributed by atoms with Gasteiger partial charge in [-0.3, -0.25) is 0 Å². The van der Waals surface area contributed by atoms with Gasteiger partial charge in [0.2, 0.25) is 0 Å². The fourth-order valence-electron chi connectivity index (χ4n) is 2.95. The Balaban J connectivity index is 2.36. The zero-order chi connectivity index (χ0) is 13.2. The largest absolute Gasteiger partial charge is 0.319 e. The zero-order valence-electron chi connectivity index (χ0n) is 11.0. The third-order valence-electron chi connectivity index (χ3n) is 3.75. The van der Waals surface area contributed by atoms with Crippen molar-refractivity contribution in [1.29, 1.82) is 0 Å². The number of rotatable bonds is 5. The van der Waals surface area contributed by atoms with Crippen LogP contribution in [-0.4, -0.2) is 27.8 Å². The molecule has 100 valence electrons. The van der Waals surface area contributed by atoms with E-state index in [4.69, 9.17) is 0 Å². The number of hydrogen-bond donors (Lipinski definition) is 1. The molecule has 1 aliphatic rings. The molecule has 1 heterocycles. The van der Waals surface area contributed by atoms with Gasteiger partial charge in [-0.1, -0.05) is 31.5 Å². The summed E-state index contributed by atoms with van der Waals surface area (Å²) in [4.78, 5) is 0.548. The lowest BCUT2D eigenvalue weighted by molar-refractivity contribution is 0.399. The SMILES string of the molecule is CCCC(CNC)C1CS(=O)(=O)c2ccccc21. The predicted octanol–water partition coefficient (Wildman–Crippen LogP) is 2.19. The molecule has 2 atom stereocenters. The minimum absolute atomic E-state index is 0.151. The standard InChI is InChI=1S/C14H21NO2S/c1-3-6-11(9-15-2)13-10-18(16,17)14-8-5-4-7-12(13)14/h4-5,7-8,11,13,15H,3,6,9-10H2,1-2H3. The van der Waals surface area contributed by atoms with Crippen molar-refractivity contribution in [2.75, 3.05) is 19.3 Å². The lowest BCUT2D eigenvalue weighted by atomic mass is 9.84. The van der Waals surface area contributed by atoms with Gasteiger partial charge in [-0.2, -0.15) is 0 Å². The molecule has 3 nitrogen and oxygen atoms in total. The second-order valence-corrected chi connectivity index (χ2v) is 7.03. The summed E-state index contributed by atoms with van der Waals surface area (Å²) in [5.41, 5.74) is 1.02. The third-order valence-corrected chi connectivity index (χ3v) is 5.59. The molecule has 18 heavy (non-hydrogen) atoms. The van der Waals surface area contributed by atoms with E-state index in [1.54, 1.807) is 6.07 Å². The van der Waals surface area contributed by atoms with Crippen LogP contribution in [0.5, 0.6) is 0 Å². The Hall–Kier alpha value is -0.870. The first-order valence-electron chi connectivity index (χ1n) is 6.56. The van der Waals surface area contributed by atoms with Gasteiger partial charge < -0.3 is 5.32 Å². The molecule has 0 radical (unpaired) electrons. The summed E-state index contributed by atoms with van der Waals surface area (Å²) in [6, 6.07) is 7.47. The van der Waals surface area contributed by atoms with Gasteiger partial charge in [0, 0.05) is 5.92 Å². The van der Waals surface area contributed by atoms with Gasteiger partial charge in [0.25, 0.3) is 0 Å². The van der Waals surface area contributed by atoms with Gasteiger partial charge in [-0.15, -0.1) is 0 Å². The van der Waals surface area contributed by atoms with Crippen molar-refractivity contribution in [2.45, 2.75) is 30.6 Å². The highest BCUT2D eigenvalue weighted by atomic mass is 32.2. The lowest BCUT2D eigenvalue weighted by Gasteiger charge is -2.22. The van der Waals surface area contributed by atoms with Crippen molar-refractivity contribution in [2.24, 2.45) is 5.92 Å². The van der Waals surface area contributed by atoms with Crippen LogP contribution in [0.4, 0.5) is 0 Å². The molecule has 1 N–H and O–H groups in total. The summed E-state index contributed by atoms with van der Waals surface area (Å²) in [5, 5.41) is 3.19. The van der Waals surface area contributed by atoms with Gasteiger partial charge in [-0.25, -0.2) is 8.42 Å². The maximum absolute atomic E-state index is 12.2. The fraction of sp³-hybridized carbons (Fsp3) is 0.571. The van der Waals surface area contributed by atoms with Crippen LogP contribution in [0.15, 0.2) is 29.2 Å². The van der Waals surface area contributed by atoms with E-state index in [0.29, 0.717) is 10.8 Å². The summed E-state index contributed by atoms with van der Waals surface area (Å²) >= 11 is 0. The summed E-state index contributed by atoms with van der Waals surface area (Å²) in [5.74, 6) is 0.829. The van der Waals surface area contributed by atoms with Crippen LogP contribution < -0.4 is 5.32 Å². The molecule has 0 saturated heterocycles. The van der Waals surface area contributed by atoms with Gasteiger partial charge >= 0.3 is 0 Å². The molecule has 0 spiro atoms. The van der Waals surface area contributed by atoms with Crippen molar-refractivity contribution in [3.05, 3.63) is 29.8 Å². The van der Waals surface area contributed by atoms with Crippen molar-refractivity contribution in [1.82, 2.24) is 5.32 Å². The average molecular weight is 267 g/mol. The normalized spacial score (nSPS) is 22.7. The molecule has 4 heteroatoms. The van der Waals surface area contributed by atoms with Crippen molar-refractivity contribution >= 4 is 9.84 Å². The smallest absolute Gasteiger partial charge is 0.179 e. The Morgan fingerprint density at radius 1 is 1.39 bits per heavy atom. The Kier molecular flexibility index (Phi) is 4.07. The molecule has 0 bridgehead atoms. The first kappa shape index (κ1) is 13.6. The molecular formula is C14H21NO2S. The average Bonchev–Trinajstić information content (AvgIpc) is 2.62. The Bertz CT molecular complexity index is 504.